The maximum Gasteiger partial charge on any atom is 0.191 e. The van der Waals surface area contributed by atoms with E-state index in [-0.39, 0.29) is 5.04 Å². The van der Waals surface area contributed by atoms with Crippen LogP contribution in [0.15, 0.2) is 0 Å². The molecule has 1 nitrogen and oxygen atoms in total. The molecule has 1 fully saturated rings. The van der Waals surface area contributed by atoms with E-state index in [0.717, 1.165) is 6.61 Å². The highest BCUT2D eigenvalue weighted by Crippen LogP contribution is 2.68. The van der Waals surface area contributed by atoms with E-state index < -0.39 is 20.7 Å². The summed E-state index contributed by atoms with van der Waals surface area (Å²) in [6.45, 7) is 19.1. The van der Waals surface area contributed by atoms with Gasteiger partial charge in [-0.05, 0) is 23.7 Å². The summed E-state index contributed by atoms with van der Waals surface area (Å²) in [6.07, 6.45) is 0. The van der Waals surface area contributed by atoms with Gasteiger partial charge in [-0.3, -0.25) is 0 Å². The fraction of sp³-hybridized carbons (Fsp3) is 1.00. The zero-order chi connectivity index (χ0) is 14.6. The molecule has 0 radical (unpaired) electrons. The first-order chi connectivity index (χ1) is 7.71. The Morgan fingerprint density at radius 2 is 1.50 bits per heavy atom. The molecular formula is C13H28Cl2OSi2. The average molecular weight is 327 g/mol. The van der Waals surface area contributed by atoms with Crippen molar-refractivity contribution in [3.8, 4) is 0 Å². The molecule has 0 aliphatic heterocycles. The Kier molecular flexibility index (Phi) is 4.51. The molecule has 0 amide bonds. The van der Waals surface area contributed by atoms with E-state index in [1.807, 2.05) is 0 Å². The van der Waals surface area contributed by atoms with Crippen molar-refractivity contribution in [2.24, 2.45) is 5.92 Å². The zero-order valence-corrected chi connectivity index (χ0v) is 16.5. The lowest BCUT2D eigenvalue weighted by molar-refractivity contribution is 0.271. The third-order valence-electron chi connectivity index (χ3n) is 4.57. The number of hydrogen-bond acceptors (Lipinski definition) is 1. The van der Waals surface area contributed by atoms with Crippen LogP contribution < -0.4 is 0 Å². The van der Waals surface area contributed by atoms with Crippen molar-refractivity contribution in [3.05, 3.63) is 0 Å². The van der Waals surface area contributed by atoms with E-state index in [4.69, 9.17) is 27.6 Å². The van der Waals surface area contributed by atoms with Crippen molar-refractivity contribution in [3.63, 3.8) is 0 Å². The predicted octanol–water partition coefficient (Wildman–Crippen LogP) is 5.52. The second-order valence-corrected chi connectivity index (χ2v) is 19.8. The average Bonchev–Trinajstić information content (AvgIpc) is 2.62. The van der Waals surface area contributed by atoms with Crippen LogP contribution in [0.1, 0.15) is 20.8 Å². The summed E-state index contributed by atoms with van der Waals surface area (Å²) in [7, 11) is -2.97. The number of alkyl halides is 2. The highest BCUT2D eigenvalue weighted by Gasteiger charge is 2.67. The topological polar surface area (TPSA) is 9.23 Å². The van der Waals surface area contributed by atoms with Gasteiger partial charge in [0.25, 0.3) is 0 Å². The van der Waals surface area contributed by atoms with Crippen LogP contribution in [0.3, 0.4) is 0 Å². The minimum atomic E-state index is -1.68. The molecule has 0 aromatic rings. The smallest absolute Gasteiger partial charge is 0.191 e. The Balaban J connectivity index is 2.62. The van der Waals surface area contributed by atoms with Gasteiger partial charge >= 0.3 is 0 Å². The summed E-state index contributed by atoms with van der Waals surface area (Å²) >= 11 is 12.9. The van der Waals surface area contributed by atoms with E-state index in [1.54, 1.807) is 0 Å². The van der Waals surface area contributed by atoms with Crippen molar-refractivity contribution in [2.45, 2.75) is 68.4 Å². The maximum absolute atomic E-state index is 6.44. The fourth-order valence-electron chi connectivity index (χ4n) is 2.29. The Labute approximate surface area is 125 Å². The number of hydrogen-bond donors (Lipinski definition) is 0. The van der Waals surface area contributed by atoms with E-state index in [0.29, 0.717) is 11.5 Å². The third kappa shape index (κ3) is 3.35. The summed E-state index contributed by atoms with van der Waals surface area (Å²) in [5.41, 5.74) is 0.470. The van der Waals surface area contributed by atoms with Crippen LogP contribution >= 0.6 is 23.2 Å². The van der Waals surface area contributed by atoms with Gasteiger partial charge in [-0.15, -0.1) is 23.2 Å². The third-order valence-corrected chi connectivity index (χ3v) is 13.2. The SMILES string of the molecule is CC(C)(C)[Si](C)(C)OC[C@H]1[C@H]([Si](C)(C)C)C1(Cl)Cl. The van der Waals surface area contributed by atoms with E-state index in [9.17, 15) is 0 Å². The Bertz CT molecular complexity index is 316. The van der Waals surface area contributed by atoms with Gasteiger partial charge in [0.05, 0.1) is 8.07 Å². The minimum Gasteiger partial charge on any atom is -0.416 e. The Hall–Kier alpha value is 0.974. The van der Waals surface area contributed by atoms with Crippen LogP contribution in [0.25, 0.3) is 0 Å². The van der Waals surface area contributed by atoms with Gasteiger partial charge in [-0.1, -0.05) is 40.4 Å². The molecule has 0 N–H and O–H groups in total. The molecule has 0 spiro atoms. The van der Waals surface area contributed by atoms with Gasteiger partial charge in [0.1, 0.15) is 4.33 Å². The van der Waals surface area contributed by atoms with E-state index >= 15 is 0 Å². The molecule has 0 aromatic heterocycles. The largest absolute Gasteiger partial charge is 0.416 e. The van der Waals surface area contributed by atoms with Crippen LogP contribution in [0.5, 0.6) is 0 Å². The second-order valence-electron chi connectivity index (χ2n) is 8.20. The molecule has 1 saturated carbocycles. The van der Waals surface area contributed by atoms with Crippen LogP contribution in [-0.4, -0.2) is 27.3 Å². The monoisotopic (exact) mass is 326 g/mol. The molecule has 1 aliphatic carbocycles. The standard InChI is InChI=1S/C13H28Cl2OSi2/c1-12(2,3)18(7,8)16-9-10-11(13(10,14)15)17(4,5)6/h10-11H,9H2,1-8H3/t10-,11-/m0/s1. The quantitative estimate of drug-likeness (QED) is 0.488. The van der Waals surface area contributed by atoms with Crippen LogP contribution in [0, 0.1) is 5.92 Å². The van der Waals surface area contributed by atoms with E-state index in [1.165, 1.54) is 0 Å². The molecule has 18 heavy (non-hydrogen) atoms. The molecule has 0 unspecified atom stereocenters. The lowest BCUT2D eigenvalue weighted by Gasteiger charge is -2.36. The van der Waals surface area contributed by atoms with Gasteiger partial charge in [0.2, 0.25) is 0 Å². The second kappa shape index (κ2) is 4.76. The highest BCUT2D eigenvalue weighted by atomic mass is 35.5. The summed E-state index contributed by atoms with van der Waals surface area (Å²) in [6, 6.07) is 0. The normalized spacial score (nSPS) is 28.3. The predicted molar refractivity (Wildman–Crippen MR) is 88.2 cm³/mol. The first-order valence-corrected chi connectivity index (χ1v) is 14.0. The molecule has 5 heteroatoms. The van der Waals surface area contributed by atoms with Gasteiger partial charge in [0.15, 0.2) is 8.32 Å². The number of rotatable bonds is 4. The van der Waals surface area contributed by atoms with Gasteiger partial charge in [-0.2, -0.15) is 0 Å². The molecule has 0 heterocycles. The maximum atomic E-state index is 6.44. The molecule has 0 bridgehead atoms. The molecule has 108 valence electrons. The molecule has 2 atom stereocenters. The highest BCUT2D eigenvalue weighted by molar-refractivity contribution is 6.82. The van der Waals surface area contributed by atoms with Crippen LogP contribution in [0.2, 0.25) is 43.3 Å². The van der Waals surface area contributed by atoms with Crippen molar-refractivity contribution in [1.29, 1.82) is 0 Å². The summed E-state index contributed by atoms with van der Waals surface area (Å²) in [4.78, 5) is 0. The first-order valence-electron chi connectivity index (χ1n) is 6.73. The summed E-state index contributed by atoms with van der Waals surface area (Å²) in [5, 5.41) is 0.248. The van der Waals surface area contributed by atoms with Gasteiger partial charge < -0.3 is 4.43 Å². The molecule has 1 rings (SSSR count). The zero-order valence-electron chi connectivity index (χ0n) is 13.0. The van der Waals surface area contributed by atoms with Crippen molar-refractivity contribution in [1.82, 2.24) is 0 Å². The van der Waals surface area contributed by atoms with Crippen LogP contribution in [-0.2, 0) is 4.43 Å². The van der Waals surface area contributed by atoms with Crippen molar-refractivity contribution in [2.75, 3.05) is 6.61 Å². The molecule has 0 saturated heterocycles. The molecular weight excluding hydrogens is 299 g/mol. The Morgan fingerprint density at radius 3 is 1.78 bits per heavy atom. The fourth-order valence-corrected chi connectivity index (χ4v) is 8.89. The van der Waals surface area contributed by atoms with Gasteiger partial charge in [0, 0.05) is 12.5 Å². The lowest BCUT2D eigenvalue weighted by Crippen LogP contribution is -2.41. The molecule has 1 aliphatic rings. The first kappa shape index (κ1) is 17.0. The van der Waals surface area contributed by atoms with Crippen LogP contribution in [0.4, 0.5) is 0 Å². The minimum absolute atomic E-state index is 0.248. The van der Waals surface area contributed by atoms with Crippen molar-refractivity contribution >= 4 is 39.6 Å². The Morgan fingerprint density at radius 1 is 1.06 bits per heavy atom. The van der Waals surface area contributed by atoms with E-state index in [2.05, 4.69) is 53.5 Å². The van der Waals surface area contributed by atoms with Crippen molar-refractivity contribution < 1.29 is 4.43 Å². The number of halogens is 2. The summed E-state index contributed by atoms with van der Waals surface area (Å²) in [5.74, 6) is 0.335. The summed E-state index contributed by atoms with van der Waals surface area (Å²) < 4.78 is 5.74. The molecule has 0 aromatic carbocycles. The van der Waals surface area contributed by atoms with Gasteiger partial charge in [-0.25, -0.2) is 0 Å². The lowest BCUT2D eigenvalue weighted by atomic mass is 10.2.